The van der Waals surface area contributed by atoms with Crippen LogP contribution in [0.3, 0.4) is 0 Å². The molecular formula is C5H14BiN2O. The third-order valence-corrected chi connectivity index (χ3v) is 0.761. The maximum atomic E-state index is 8.68. The zero-order chi connectivity index (χ0) is 6.41. The molecule has 0 saturated heterocycles. The first-order valence-corrected chi connectivity index (χ1v) is 2.86. The van der Waals surface area contributed by atoms with E-state index < -0.39 is 0 Å². The normalized spacial score (nSPS) is 12.3. The van der Waals surface area contributed by atoms with Crippen molar-refractivity contribution in [3.8, 4) is 0 Å². The molecule has 0 aromatic rings. The second-order valence-electron chi connectivity index (χ2n) is 1.84. The van der Waals surface area contributed by atoms with Crippen LogP contribution >= 0.6 is 0 Å². The first-order valence-electron chi connectivity index (χ1n) is 2.86. The van der Waals surface area contributed by atoms with Gasteiger partial charge in [-0.25, -0.2) is 0 Å². The number of hydrogen-bond donors (Lipinski definition) is 3. The van der Waals surface area contributed by atoms with Gasteiger partial charge in [0.1, 0.15) is 0 Å². The SMILES string of the molecule is CC(O)CNCCN.[Bi]. The number of aliphatic hydroxyl groups excluding tert-OH is 1. The van der Waals surface area contributed by atoms with Gasteiger partial charge in [-0.1, -0.05) is 0 Å². The summed E-state index contributed by atoms with van der Waals surface area (Å²) in [5.74, 6) is 0. The summed E-state index contributed by atoms with van der Waals surface area (Å²) in [5.41, 5.74) is 5.17. The van der Waals surface area contributed by atoms with Crippen LogP contribution in [-0.4, -0.2) is 57.0 Å². The molecular weight excluding hydrogens is 313 g/mol. The van der Waals surface area contributed by atoms with Crippen molar-refractivity contribution in [3.63, 3.8) is 0 Å². The number of nitrogens with one attached hydrogen (secondary N) is 1. The molecule has 0 aliphatic rings. The molecule has 0 aromatic heterocycles. The summed E-state index contributed by atoms with van der Waals surface area (Å²) < 4.78 is 0. The van der Waals surface area contributed by atoms with Gasteiger partial charge in [0.2, 0.25) is 0 Å². The minimum absolute atomic E-state index is 0. The average molecular weight is 327 g/mol. The van der Waals surface area contributed by atoms with E-state index in [0.717, 1.165) is 6.54 Å². The second-order valence-corrected chi connectivity index (χ2v) is 1.84. The van der Waals surface area contributed by atoms with Gasteiger partial charge in [0.15, 0.2) is 0 Å². The molecule has 1 atom stereocenters. The Bertz CT molecular complexity index is 52.2. The third kappa shape index (κ3) is 12.1. The molecule has 0 fully saturated rings. The third-order valence-electron chi connectivity index (χ3n) is 0.761. The molecule has 9 heavy (non-hydrogen) atoms. The van der Waals surface area contributed by atoms with Crippen LogP contribution in [0.1, 0.15) is 6.92 Å². The number of aliphatic hydroxyl groups is 1. The fraction of sp³-hybridized carbons (Fsp3) is 1.00. The molecule has 0 bridgehead atoms. The summed E-state index contributed by atoms with van der Waals surface area (Å²) in [5, 5.41) is 11.6. The van der Waals surface area contributed by atoms with Gasteiger partial charge < -0.3 is 16.2 Å². The molecule has 0 heterocycles. The van der Waals surface area contributed by atoms with Crippen LogP contribution in [0.25, 0.3) is 0 Å². The van der Waals surface area contributed by atoms with E-state index in [1.807, 2.05) is 0 Å². The monoisotopic (exact) mass is 327 g/mol. The topological polar surface area (TPSA) is 58.3 Å². The Morgan fingerprint density at radius 2 is 2.22 bits per heavy atom. The summed E-state index contributed by atoms with van der Waals surface area (Å²) in [6, 6.07) is 0. The van der Waals surface area contributed by atoms with Crippen molar-refractivity contribution < 1.29 is 5.11 Å². The van der Waals surface area contributed by atoms with Crippen molar-refractivity contribution in [3.05, 3.63) is 0 Å². The maximum Gasteiger partial charge on any atom is 0.0636 e. The van der Waals surface area contributed by atoms with Crippen molar-refractivity contribution in [1.82, 2.24) is 5.32 Å². The van der Waals surface area contributed by atoms with Crippen LogP contribution in [0.5, 0.6) is 0 Å². The van der Waals surface area contributed by atoms with Gasteiger partial charge in [-0.3, -0.25) is 0 Å². The Morgan fingerprint density at radius 1 is 1.67 bits per heavy atom. The predicted octanol–water partition coefficient (Wildman–Crippen LogP) is -1.47. The molecule has 55 valence electrons. The fourth-order valence-corrected chi connectivity index (χ4v) is 0.413. The largest absolute Gasteiger partial charge is 0.392 e. The van der Waals surface area contributed by atoms with Gasteiger partial charge in [0, 0.05) is 45.8 Å². The minimum atomic E-state index is -0.262. The van der Waals surface area contributed by atoms with Crippen LogP contribution in [0, 0.1) is 0 Å². The molecule has 0 aliphatic heterocycles. The molecule has 0 amide bonds. The van der Waals surface area contributed by atoms with E-state index in [1.54, 1.807) is 6.92 Å². The molecule has 4 N–H and O–H groups in total. The smallest absolute Gasteiger partial charge is 0.0636 e. The van der Waals surface area contributed by atoms with Gasteiger partial charge in [-0.2, -0.15) is 0 Å². The molecule has 0 saturated carbocycles. The summed E-state index contributed by atoms with van der Waals surface area (Å²) in [6.45, 7) is 3.79. The molecule has 3 nitrogen and oxygen atoms in total. The first kappa shape index (κ1) is 12.4. The van der Waals surface area contributed by atoms with Crippen molar-refractivity contribution in [2.75, 3.05) is 19.6 Å². The van der Waals surface area contributed by atoms with Crippen LogP contribution in [0.2, 0.25) is 0 Å². The minimum Gasteiger partial charge on any atom is -0.392 e. The maximum absolute atomic E-state index is 8.68. The van der Waals surface area contributed by atoms with Crippen LogP contribution in [-0.2, 0) is 0 Å². The van der Waals surface area contributed by atoms with E-state index in [2.05, 4.69) is 5.32 Å². The zero-order valence-electron chi connectivity index (χ0n) is 5.67. The average Bonchev–Trinajstić information content (AvgIpc) is 1.66. The van der Waals surface area contributed by atoms with E-state index in [0.29, 0.717) is 13.1 Å². The van der Waals surface area contributed by atoms with Gasteiger partial charge in [0.05, 0.1) is 6.10 Å². The van der Waals surface area contributed by atoms with Crippen molar-refractivity contribution >= 4 is 26.2 Å². The molecule has 0 aliphatic carbocycles. The molecule has 1 unspecified atom stereocenters. The Kier molecular flexibility index (Phi) is 12.1. The Balaban J connectivity index is 0. The standard InChI is InChI=1S/C5H14N2O.Bi/c1-5(8)4-7-3-2-6;/h5,7-8H,2-4,6H2,1H3;. The van der Waals surface area contributed by atoms with E-state index in [-0.39, 0.29) is 32.3 Å². The van der Waals surface area contributed by atoms with Gasteiger partial charge in [-0.05, 0) is 6.92 Å². The Hall–Kier alpha value is 0.763. The number of hydrogen-bond acceptors (Lipinski definition) is 3. The summed E-state index contributed by atoms with van der Waals surface area (Å²) in [6.07, 6.45) is -0.262. The molecule has 3 radical (unpaired) electrons. The summed E-state index contributed by atoms with van der Waals surface area (Å²) >= 11 is 0. The van der Waals surface area contributed by atoms with E-state index >= 15 is 0 Å². The molecule has 0 spiro atoms. The van der Waals surface area contributed by atoms with Crippen molar-refractivity contribution in [2.45, 2.75) is 13.0 Å². The number of rotatable bonds is 4. The fourth-order valence-electron chi connectivity index (χ4n) is 0.413. The van der Waals surface area contributed by atoms with Crippen LogP contribution in [0.15, 0.2) is 0 Å². The Labute approximate surface area is 75.1 Å². The van der Waals surface area contributed by atoms with Crippen molar-refractivity contribution in [2.24, 2.45) is 5.73 Å². The second kappa shape index (κ2) is 8.76. The molecule has 4 heteroatoms. The summed E-state index contributed by atoms with van der Waals surface area (Å²) in [4.78, 5) is 0. The van der Waals surface area contributed by atoms with Gasteiger partial charge in [0.25, 0.3) is 0 Å². The molecule has 0 rings (SSSR count). The van der Waals surface area contributed by atoms with Gasteiger partial charge in [-0.15, -0.1) is 0 Å². The summed E-state index contributed by atoms with van der Waals surface area (Å²) in [7, 11) is 0. The quantitative estimate of drug-likeness (QED) is 0.437. The Morgan fingerprint density at radius 3 is 2.56 bits per heavy atom. The van der Waals surface area contributed by atoms with E-state index in [1.165, 1.54) is 0 Å². The van der Waals surface area contributed by atoms with E-state index in [4.69, 9.17) is 10.8 Å². The van der Waals surface area contributed by atoms with Crippen molar-refractivity contribution in [1.29, 1.82) is 0 Å². The van der Waals surface area contributed by atoms with Crippen LogP contribution in [0.4, 0.5) is 0 Å². The van der Waals surface area contributed by atoms with E-state index in [9.17, 15) is 0 Å². The first-order chi connectivity index (χ1) is 3.77. The van der Waals surface area contributed by atoms with Crippen LogP contribution < -0.4 is 11.1 Å². The van der Waals surface area contributed by atoms with Gasteiger partial charge >= 0.3 is 0 Å². The predicted molar refractivity (Wildman–Crippen MR) is 39.4 cm³/mol. The molecule has 0 aromatic carbocycles. The number of nitrogens with two attached hydrogens (primary N) is 1. The zero-order valence-corrected chi connectivity index (χ0v) is 9.15.